The quantitative estimate of drug-likeness (QED) is 0.322. The zero-order valence-electron chi connectivity index (χ0n) is 7.12. The molecule has 12 heavy (non-hydrogen) atoms. The van der Waals surface area contributed by atoms with Gasteiger partial charge in [-0.3, -0.25) is 4.79 Å². The fourth-order valence-electron chi connectivity index (χ4n) is 0.884. The van der Waals surface area contributed by atoms with E-state index >= 15 is 0 Å². The standard InChI is InChI=1S/C7H17N3O2/c8-7(9,10)5-3-1-2-4-6(11)12/h1-5,8-10H2,(H,11,12). The molecule has 0 fully saturated rings. The lowest BCUT2D eigenvalue weighted by atomic mass is 10.1. The average Bonchev–Trinajstić information content (AvgIpc) is 1.83. The lowest BCUT2D eigenvalue weighted by molar-refractivity contribution is -0.137. The summed E-state index contributed by atoms with van der Waals surface area (Å²) in [4.78, 5) is 10.1. The molecule has 0 rings (SSSR count). The van der Waals surface area contributed by atoms with E-state index < -0.39 is 11.8 Å². The van der Waals surface area contributed by atoms with E-state index in [1.54, 1.807) is 0 Å². The maximum Gasteiger partial charge on any atom is 0.303 e. The Hall–Kier alpha value is -0.650. The van der Waals surface area contributed by atoms with Gasteiger partial charge < -0.3 is 22.3 Å². The van der Waals surface area contributed by atoms with Crippen molar-refractivity contribution in [3.8, 4) is 0 Å². The van der Waals surface area contributed by atoms with E-state index in [1.165, 1.54) is 0 Å². The molecular formula is C7H17N3O2. The zero-order valence-corrected chi connectivity index (χ0v) is 7.12. The van der Waals surface area contributed by atoms with Crippen LogP contribution < -0.4 is 17.2 Å². The first-order chi connectivity index (χ1) is 5.42. The molecule has 0 aliphatic rings. The van der Waals surface area contributed by atoms with Crippen molar-refractivity contribution in [1.82, 2.24) is 0 Å². The van der Waals surface area contributed by atoms with E-state index in [0.29, 0.717) is 12.8 Å². The van der Waals surface area contributed by atoms with Crippen molar-refractivity contribution in [2.75, 3.05) is 0 Å². The van der Waals surface area contributed by atoms with Crippen LogP contribution in [0, 0.1) is 0 Å². The highest BCUT2D eigenvalue weighted by molar-refractivity contribution is 5.66. The Balaban J connectivity index is 3.17. The van der Waals surface area contributed by atoms with Gasteiger partial charge in [-0.2, -0.15) is 0 Å². The molecule has 0 aromatic heterocycles. The monoisotopic (exact) mass is 175 g/mol. The van der Waals surface area contributed by atoms with Gasteiger partial charge in [0.15, 0.2) is 0 Å². The summed E-state index contributed by atoms with van der Waals surface area (Å²) in [5, 5.41) is 8.30. The third kappa shape index (κ3) is 9.35. The number of hydrogen-bond acceptors (Lipinski definition) is 4. The molecule has 0 heterocycles. The SMILES string of the molecule is NC(N)(N)CCCCCC(=O)O. The lowest BCUT2D eigenvalue weighted by Crippen LogP contribution is -2.57. The molecular weight excluding hydrogens is 158 g/mol. The van der Waals surface area contributed by atoms with E-state index in [4.69, 9.17) is 22.3 Å². The average molecular weight is 175 g/mol. The van der Waals surface area contributed by atoms with Crippen LogP contribution in [0.5, 0.6) is 0 Å². The first-order valence-electron chi connectivity index (χ1n) is 4.00. The molecule has 0 saturated carbocycles. The molecule has 0 amide bonds. The Morgan fingerprint density at radius 1 is 1.17 bits per heavy atom. The largest absolute Gasteiger partial charge is 0.481 e. The van der Waals surface area contributed by atoms with Crippen LogP contribution in [0.2, 0.25) is 0 Å². The summed E-state index contributed by atoms with van der Waals surface area (Å²) in [7, 11) is 0. The number of hydrogen-bond donors (Lipinski definition) is 4. The van der Waals surface area contributed by atoms with Crippen LogP contribution in [-0.2, 0) is 4.79 Å². The molecule has 0 aliphatic carbocycles. The number of unbranched alkanes of at least 4 members (excludes halogenated alkanes) is 2. The number of nitrogens with two attached hydrogens (primary N) is 3. The normalized spacial score (nSPS) is 11.6. The molecule has 0 spiro atoms. The summed E-state index contributed by atoms with van der Waals surface area (Å²) in [5.74, 6) is -1.88. The third-order valence-electron chi connectivity index (χ3n) is 1.50. The van der Waals surface area contributed by atoms with Gasteiger partial charge in [-0.05, 0) is 19.3 Å². The fourth-order valence-corrected chi connectivity index (χ4v) is 0.884. The molecule has 0 bridgehead atoms. The van der Waals surface area contributed by atoms with Gasteiger partial charge in [0, 0.05) is 6.42 Å². The number of aliphatic carboxylic acids is 1. The van der Waals surface area contributed by atoms with Crippen molar-refractivity contribution >= 4 is 5.97 Å². The third-order valence-corrected chi connectivity index (χ3v) is 1.50. The molecule has 0 aliphatic heterocycles. The maximum absolute atomic E-state index is 10.1. The van der Waals surface area contributed by atoms with E-state index in [0.717, 1.165) is 12.8 Å². The second-order valence-corrected chi connectivity index (χ2v) is 3.07. The highest BCUT2D eigenvalue weighted by Crippen LogP contribution is 2.05. The first kappa shape index (κ1) is 11.4. The van der Waals surface area contributed by atoms with Gasteiger partial charge in [0.25, 0.3) is 0 Å². The van der Waals surface area contributed by atoms with Crippen molar-refractivity contribution in [3.05, 3.63) is 0 Å². The summed E-state index contributed by atoms with van der Waals surface area (Å²) in [5.41, 5.74) is 16.0. The van der Waals surface area contributed by atoms with Crippen LogP contribution in [0.4, 0.5) is 0 Å². The highest BCUT2D eigenvalue weighted by atomic mass is 16.4. The Bertz CT molecular complexity index is 142. The van der Waals surface area contributed by atoms with Crippen LogP contribution in [0.15, 0.2) is 0 Å². The van der Waals surface area contributed by atoms with Gasteiger partial charge in [-0.1, -0.05) is 6.42 Å². The molecule has 5 nitrogen and oxygen atoms in total. The minimum Gasteiger partial charge on any atom is -0.481 e. The van der Waals surface area contributed by atoms with Crippen LogP contribution >= 0.6 is 0 Å². The van der Waals surface area contributed by atoms with E-state index in [9.17, 15) is 4.79 Å². The Morgan fingerprint density at radius 2 is 1.75 bits per heavy atom. The van der Waals surface area contributed by atoms with Gasteiger partial charge in [0.2, 0.25) is 0 Å². The number of carbonyl (C=O) groups is 1. The molecule has 0 radical (unpaired) electrons. The Kier molecular flexibility index (Phi) is 4.80. The summed E-state index contributed by atoms with van der Waals surface area (Å²) >= 11 is 0. The van der Waals surface area contributed by atoms with Crippen LogP contribution in [0.1, 0.15) is 32.1 Å². The molecule has 72 valence electrons. The molecule has 0 aromatic carbocycles. The number of carboxylic acids is 1. The lowest BCUT2D eigenvalue weighted by Gasteiger charge is -2.17. The molecule has 0 atom stereocenters. The molecule has 7 N–H and O–H groups in total. The second kappa shape index (κ2) is 5.08. The first-order valence-corrected chi connectivity index (χ1v) is 4.00. The summed E-state index contributed by atoms with van der Waals surface area (Å²) in [6.45, 7) is 0. The van der Waals surface area contributed by atoms with Crippen LogP contribution in [0.25, 0.3) is 0 Å². The topological polar surface area (TPSA) is 115 Å². The summed E-state index contributed by atoms with van der Waals surface area (Å²) in [6.07, 6.45) is 2.96. The van der Waals surface area contributed by atoms with Crippen molar-refractivity contribution in [3.63, 3.8) is 0 Å². The minimum atomic E-state index is -1.11. The summed E-state index contributed by atoms with van der Waals surface area (Å²) in [6, 6.07) is 0. The zero-order chi connectivity index (χ0) is 9.61. The Labute approximate surface area is 71.9 Å². The second-order valence-electron chi connectivity index (χ2n) is 3.07. The Morgan fingerprint density at radius 3 is 2.17 bits per heavy atom. The maximum atomic E-state index is 10.1. The van der Waals surface area contributed by atoms with E-state index in [2.05, 4.69) is 0 Å². The molecule has 0 unspecified atom stereocenters. The predicted octanol–water partition coefficient (Wildman–Crippen LogP) is -0.449. The van der Waals surface area contributed by atoms with Gasteiger partial charge >= 0.3 is 5.97 Å². The molecule has 0 aromatic rings. The molecule has 5 heteroatoms. The predicted molar refractivity (Wildman–Crippen MR) is 46.0 cm³/mol. The van der Waals surface area contributed by atoms with E-state index in [1.807, 2.05) is 0 Å². The smallest absolute Gasteiger partial charge is 0.303 e. The molecule has 0 saturated heterocycles. The van der Waals surface area contributed by atoms with Crippen LogP contribution in [0.3, 0.4) is 0 Å². The number of carboxylic acid groups (broad SMARTS) is 1. The van der Waals surface area contributed by atoms with Crippen molar-refractivity contribution in [2.24, 2.45) is 17.2 Å². The van der Waals surface area contributed by atoms with E-state index in [-0.39, 0.29) is 6.42 Å². The van der Waals surface area contributed by atoms with Crippen molar-refractivity contribution in [1.29, 1.82) is 0 Å². The number of rotatable bonds is 6. The summed E-state index contributed by atoms with van der Waals surface area (Å²) < 4.78 is 0. The van der Waals surface area contributed by atoms with Crippen molar-refractivity contribution < 1.29 is 9.90 Å². The van der Waals surface area contributed by atoms with Crippen molar-refractivity contribution in [2.45, 2.75) is 37.9 Å². The fraction of sp³-hybridized carbons (Fsp3) is 0.857. The minimum absolute atomic E-state index is 0.201. The highest BCUT2D eigenvalue weighted by Gasteiger charge is 2.10. The van der Waals surface area contributed by atoms with Gasteiger partial charge in [0.1, 0.15) is 5.79 Å². The van der Waals surface area contributed by atoms with Gasteiger partial charge in [-0.25, -0.2) is 0 Å². The van der Waals surface area contributed by atoms with Crippen LogP contribution in [-0.4, -0.2) is 16.9 Å². The van der Waals surface area contributed by atoms with Gasteiger partial charge in [-0.15, -0.1) is 0 Å². The van der Waals surface area contributed by atoms with Gasteiger partial charge in [0.05, 0.1) is 0 Å².